The van der Waals surface area contributed by atoms with Crippen molar-refractivity contribution in [3.63, 3.8) is 0 Å². The molecular formula is C14H13Cl2NO. The van der Waals surface area contributed by atoms with Gasteiger partial charge in [0.2, 0.25) is 0 Å². The molecule has 0 unspecified atom stereocenters. The highest BCUT2D eigenvalue weighted by molar-refractivity contribution is 6.36. The minimum atomic E-state index is 0.524. The first-order chi connectivity index (χ1) is 8.52. The lowest BCUT2D eigenvalue weighted by Crippen LogP contribution is -1.91. The van der Waals surface area contributed by atoms with Gasteiger partial charge in [0.25, 0.3) is 0 Å². The summed E-state index contributed by atoms with van der Waals surface area (Å²) >= 11 is 12.3. The molecule has 0 saturated carbocycles. The zero-order valence-corrected chi connectivity index (χ0v) is 11.6. The van der Waals surface area contributed by atoms with Crippen molar-refractivity contribution in [1.29, 1.82) is 0 Å². The molecule has 94 valence electrons. The highest BCUT2D eigenvalue weighted by Gasteiger charge is 2.10. The fourth-order valence-corrected chi connectivity index (χ4v) is 2.22. The lowest BCUT2D eigenvalue weighted by atomic mass is 10.0. The molecule has 0 amide bonds. The molecule has 2 N–H and O–H groups in total. The van der Waals surface area contributed by atoms with Gasteiger partial charge in [-0.3, -0.25) is 0 Å². The summed E-state index contributed by atoms with van der Waals surface area (Å²) in [5, 5.41) is 1.11. The molecule has 0 heterocycles. The number of aryl methyl sites for hydroxylation is 1. The smallest absolute Gasteiger partial charge is 0.138 e. The molecule has 0 saturated heterocycles. The van der Waals surface area contributed by atoms with E-state index in [1.165, 1.54) is 0 Å². The van der Waals surface area contributed by atoms with Gasteiger partial charge in [0.05, 0.1) is 17.2 Å². The van der Waals surface area contributed by atoms with Crippen LogP contribution in [0, 0.1) is 6.92 Å². The molecule has 0 bridgehead atoms. The molecule has 0 atom stereocenters. The fourth-order valence-electron chi connectivity index (χ4n) is 1.71. The van der Waals surface area contributed by atoms with Crippen molar-refractivity contribution >= 4 is 28.9 Å². The van der Waals surface area contributed by atoms with Gasteiger partial charge in [0.15, 0.2) is 0 Å². The number of ether oxygens (including phenoxy) is 1. The third-order valence-corrected chi connectivity index (χ3v) is 3.44. The summed E-state index contributed by atoms with van der Waals surface area (Å²) in [7, 11) is 1.56. The van der Waals surface area contributed by atoms with E-state index in [1.54, 1.807) is 19.2 Å². The zero-order chi connectivity index (χ0) is 13.3. The van der Waals surface area contributed by atoms with Gasteiger partial charge in [-0.15, -0.1) is 0 Å². The number of anilines is 1. The number of hydrogen-bond acceptors (Lipinski definition) is 2. The fraction of sp³-hybridized carbons (Fsp3) is 0.143. The van der Waals surface area contributed by atoms with Gasteiger partial charge in [-0.1, -0.05) is 35.3 Å². The second kappa shape index (κ2) is 5.09. The van der Waals surface area contributed by atoms with Crippen LogP contribution in [-0.2, 0) is 0 Å². The molecule has 0 spiro atoms. The second-order valence-electron chi connectivity index (χ2n) is 4.04. The largest absolute Gasteiger partial charge is 0.495 e. The van der Waals surface area contributed by atoms with Gasteiger partial charge in [0, 0.05) is 17.3 Å². The van der Waals surface area contributed by atoms with Crippen LogP contribution in [-0.4, -0.2) is 7.11 Å². The highest BCUT2D eigenvalue weighted by Crippen LogP contribution is 2.37. The molecule has 0 fully saturated rings. The Bertz CT molecular complexity index is 597. The Kier molecular flexibility index (Phi) is 3.69. The molecule has 4 heteroatoms. The van der Waals surface area contributed by atoms with E-state index >= 15 is 0 Å². The third-order valence-electron chi connectivity index (χ3n) is 2.83. The molecule has 2 aromatic rings. The molecule has 18 heavy (non-hydrogen) atoms. The molecule has 2 aromatic carbocycles. The Labute approximate surface area is 116 Å². The minimum Gasteiger partial charge on any atom is -0.495 e. The Morgan fingerprint density at radius 3 is 2.39 bits per heavy atom. The number of nitrogens with two attached hydrogens (primary N) is 1. The summed E-state index contributed by atoms with van der Waals surface area (Å²) in [5.41, 5.74) is 9.45. The average Bonchev–Trinajstić information content (AvgIpc) is 2.35. The van der Waals surface area contributed by atoms with Crippen LogP contribution in [0.4, 0.5) is 5.69 Å². The molecule has 0 radical (unpaired) electrons. The van der Waals surface area contributed by atoms with Gasteiger partial charge < -0.3 is 10.5 Å². The van der Waals surface area contributed by atoms with Crippen molar-refractivity contribution in [2.24, 2.45) is 0 Å². The number of hydrogen-bond donors (Lipinski definition) is 1. The van der Waals surface area contributed by atoms with Crippen molar-refractivity contribution in [2.75, 3.05) is 12.8 Å². The topological polar surface area (TPSA) is 35.2 Å². The van der Waals surface area contributed by atoms with Crippen molar-refractivity contribution in [3.8, 4) is 16.9 Å². The van der Waals surface area contributed by atoms with Gasteiger partial charge in [-0.25, -0.2) is 0 Å². The number of methoxy groups -OCH3 is 1. The van der Waals surface area contributed by atoms with E-state index < -0.39 is 0 Å². The van der Waals surface area contributed by atoms with Crippen molar-refractivity contribution < 1.29 is 4.74 Å². The first-order valence-corrected chi connectivity index (χ1v) is 6.18. The summed E-state index contributed by atoms with van der Waals surface area (Å²) in [5.74, 6) is 0.561. The maximum atomic E-state index is 6.23. The van der Waals surface area contributed by atoms with Crippen molar-refractivity contribution in [2.45, 2.75) is 6.92 Å². The molecule has 0 aliphatic heterocycles. The summed E-state index contributed by atoms with van der Waals surface area (Å²) in [6.45, 7) is 1.96. The predicted octanol–water partition coefficient (Wildman–Crippen LogP) is 4.56. The SMILES string of the molecule is COc1cc(Cl)c(-c2ccc(C)c(N)c2)cc1Cl. The predicted molar refractivity (Wildman–Crippen MR) is 77.6 cm³/mol. The van der Waals surface area contributed by atoms with Crippen LogP contribution in [0.2, 0.25) is 10.0 Å². The van der Waals surface area contributed by atoms with Crippen LogP contribution in [0.3, 0.4) is 0 Å². The number of nitrogen functional groups attached to an aromatic ring is 1. The molecule has 2 nitrogen and oxygen atoms in total. The van der Waals surface area contributed by atoms with Crippen LogP contribution < -0.4 is 10.5 Å². The van der Waals surface area contributed by atoms with Crippen LogP contribution in [0.5, 0.6) is 5.75 Å². The molecule has 0 aliphatic rings. The Balaban J connectivity index is 2.57. The van der Waals surface area contributed by atoms with Crippen LogP contribution >= 0.6 is 23.2 Å². The van der Waals surface area contributed by atoms with Crippen LogP contribution in [0.1, 0.15) is 5.56 Å². The van der Waals surface area contributed by atoms with Gasteiger partial charge >= 0.3 is 0 Å². The first kappa shape index (κ1) is 13.1. The second-order valence-corrected chi connectivity index (χ2v) is 4.85. The van der Waals surface area contributed by atoms with E-state index in [9.17, 15) is 0 Å². The summed E-state index contributed by atoms with van der Waals surface area (Å²) in [6, 6.07) is 9.30. The Hall–Kier alpha value is -1.38. The van der Waals surface area contributed by atoms with E-state index in [1.807, 2.05) is 25.1 Å². The van der Waals surface area contributed by atoms with Gasteiger partial charge in [0.1, 0.15) is 5.75 Å². The maximum absolute atomic E-state index is 6.23. The average molecular weight is 282 g/mol. The summed E-state index contributed by atoms with van der Waals surface area (Å²) < 4.78 is 5.12. The van der Waals surface area contributed by atoms with Crippen LogP contribution in [0.25, 0.3) is 11.1 Å². The molecule has 0 aromatic heterocycles. The first-order valence-electron chi connectivity index (χ1n) is 5.42. The van der Waals surface area contributed by atoms with Crippen LogP contribution in [0.15, 0.2) is 30.3 Å². The third kappa shape index (κ3) is 2.40. The minimum absolute atomic E-state index is 0.524. The van der Waals surface area contributed by atoms with E-state index in [4.69, 9.17) is 33.7 Å². The molecular weight excluding hydrogens is 269 g/mol. The lowest BCUT2D eigenvalue weighted by molar-refractivity contribution is 0.415. The standard InChI is InChI=1S/C14H13Cl2NO/c1-8-3-4-9(5-13(8)17)10-6-12(16)14(18-2)7-11(10)15/h3-7H,17H2,1-2H3. The lowest BCUT2D eigenvalue weighted by Gasteiger charge is -2.10. The van der Waals surface area contributed by atoms with E-state index in [2.05, 4.69) is 0 Å². The summed E-state index contributed by atoms with van der Waals surface area (Å²) in [6.07, 6.45) is 0. The number of rotatable bonds is 2. The van der Waals surface area contributed by atoms with E-state index in [0.717, 1.165) is 22.4 Å². The normalized spacial score (nSPS) is 10.4. The van der Waals surface area contributed by atoms with Crippen molar-refractivity contribution in [3.05, 3.63) is 45.9 Å². The van der Waals surface area contributed by atoms with E-state index in [-0.39, 0.29) is 0 Å². The molecule has 2 rings (SSSR count). The Morgan fingerprint density at radius 1 is 1.06 bits per heavy atom. The van der Waals surface area contributed by atoms with Gasteiger partial charge in [-0.05, 0) is 30.2 Å². The van der Waals surface area contributed by atoms with Crippen molar-refractivity contribution in [1.82, 2.24) is 0 Å². The number of halogens is 2. The van der Waals surface area contributed by atoms with E-state index in [0.29, 0.717) is 15.8 Å². The van der Waals surface area contributed by atoms with Gasteiger partial charge in [-0.2, -0.15) is 0 Å². The maximum Gasteiger partial charge on any atom is 0.138 e. The summed E-state index contributed by atoms with van der Waals surface area (Å²) in [4.78, 5) is 0. The zero-order valence-electron chi connectivity index (χ0n) is 10.1. The Morgan fingerprint density at radius 2 is 1.78 bits per heavy atom. The highest BCUT2D eigenvalue weighted by atomic mass is 35.5. The monoisotopic (exact) mass is 281 g/mol. The molecule has 0 aliphatic carbocycles. The number of benzene rings is 2. The quantitative estimate of drug-likeness (QED) is 0.819.